The van der Waals surface area contributed by atoms with Crippen molar-refractivity contribution >= 4 is 17.4 Å². The van der Waals surface area contributed by atoms with E-state index in [2.05, 4.69) is 4.98 Å². The van der Waals surface area contributed by atoms with Gasteiger partial charge in [-0.1, -0.05) is 11.6 Å². The number of rotatable bonds is 2. The van der Waals surface area contributed by atoms with Crippen LogP contribution in [-0.4, -0.2) is 17.2 Å². The van der Waals surface area contributed by atoms with Crippen molar-refractivity contribution in [3.05, 3.63) is 34.5 Å². The van der Waals surface area contributed by atoms with Gasteiger partial charge in [0.25, 0.3) is 0 Å². The van der Waals surface area contributed by atoms with Crippen molar-refractivity contribution in [2.24, 2.45) is 0 Å². The SMILES string of the molecule is COc1cc(-c2cc(Cl)c(O)cc2C)c(N)nc1C. The highest BCUT2D eigenvalue weighted by molar-refractivity contribution is 6.32. The molecular formula is C14H15ClN2O2. The minimum absolute atomic E-state index is 0.0496. The number of phenolic OH excluding ortho intramolecular Hbond substituents is 1. The van der Waals surface area contributed by atoms with Gasteiger partial charge in [-0.05, 0) is 43.2 Å². The molecule has 2 rings (SSSR count). The fourth-order valence-electron chi connectivity index (χ4n) is 1.98. The molecule has 0 aliphatic heterocycles. The summed E-state index contributed by atoms with van der Waals surface area (Å²) in [4.78, 5) is 4.26. The topological polar surface area (TPSA) is 68.4 Å². The van der Waals surface area contributed by atoms with Gasteiger partial charge in [0.15, 0.2) is 0 Å². The fourth-order valence-corrected chi connectivity index (χ4v) is 2.15. The monoisotopic (exact) mass is 278 g/mol. The van der Waals surface area contributed by atoms with Crippen molar-refractivity contribution in [3.63, 3.8) is 0 Å². The largest absolute Gasteiger partial charge is 0.506 e. The van der Waals surface area contributed by atoms with Crippen molar-refractivity contribution in [2.45, 2.75) is 13.8 Å². The van der Waals surface area contributed by atoms with Crippen LogP contribution < -0.4 is 10.5 Å². The zero-order valence-corrected chi connectivity index (χ0v) is 11.7. The quantitative estimate of drug-likeness (QED) is 0.884. The van der Waals surface area contributed by atoms with E-state index in [1.807, 2.05) is 19.9 Å². The number of benzene rings is 1. The highest BCUT2D eigenvalue weighted by Gasteiger charge is 2.13. The van der Waals surface area contributed by atoms with Crippen LogP contribution in [-0.2, 0) is 0 Å². The van der Waals surface area contributed by atoms with E-state index in [4.69, 9.17) is 22.1 Å². The summed E-state index contributed by atoms with van der Waals surface area (Å²) in [5.41, 5.74) is 9.12. The minimum Gasteiger partial charge on any atom is -0.506 e. The van der Waals surface area contributed by atoms with Crippen LogP contribution in [0.1, 0.15) is 11.3 Å². The van der Waals surface area contributed by atoms with Gasteiger partial charge in [0, 0.05) is 5.56 Å². The Labute approximate surface area is 116 Å². The van der Waals surface area contributed by atoms with E-state index in [0.717, 1.165) is 22.4 Å². The van der Waals surface area contributed by atoms with Crippen LogP contribution in [0.15, 0.2) is 18.2 Å². The van der Waals surface area contributed by atoms with Crippen molar-refractivity contribution in [2.75, 3.05) is 12.8 Å². The van der Waals surface area contributed by atoms with Crippen LogP contribution in [0.3, 0.4) is 0 Å². The molecule has 0 amide bonds. The number of anilines is 1. The first-order chi connectivity index (χ1) is 8.93. The summed E-state index contributed by atoms with van der Waals surface area (Å²) in [6.07, 6.45) is 0. The van der Waals surface area contributed by atoms with E-state index in [1.54, 1.807) is 19.2 Å². The lowest BCUT2D eigenvalue weighted by Crippen LogP contribution is -2.00. The standard InChI is InChI=1S/C14H15ClN2O2/c1-7-4-12(18)11(15)5-9(7)10-6-13(19-3)8(2)17-14(10)16/h4-6,18H,1-3H3,(H2,16,17). The lowest BCUT2D eigenvalue weighted by Gasteiger charge is -2.13. The average molecular weight is 279 g/mol. The molecule has 0 unspecified atom stereocenters. The molecule has 0 atom stereocenters. The third kappa shape index (κ3) is 2.44. The summed E-state index contributed by atoms with van der Waals surface area (Å²) < 4.78 is 5.26. The Kier molecular flexibility index (Phi) is 3.53. The fraction of sp³-hybridized carbons (Fsp3) is 0.214. The van der Waals surface area contributed by atoms with E-state index in [0.29, 0.717) is 11.6 Å². The maximum absolute atomic E-state index is 9.58. The number of aromatic hydroxyl groups is 1. The van der Waals surface area contributed by atoms with Crippen LogP contribution in [0.5, 0.6) is 11.5 Å². The second-order valence-corrected chi connectivity index (χ2v) is 4.73. The van der Waals surface area contributed by atoms with Crippen molar-refractivity contribution in [3.8, 4) is 22.6 Å². The Hall–Kier alpha value is -1.94. The summed E-state index contributed by atoms with van der Waals surface area (Å²) in [5.74, 6) is 1.12. The molecule has 0 saturated heterocycles. The summed E-state index contributed by atoms with van der Waals surface area (Å²) in [6, 6.07) is 5.10. The molecular weight excluding hydrogens is 264 g/mol. The first-order valence-corrected chi connectivity index (χ1v) is 6.12. The number of nitrogens with two attached hydrogens (primary N) is 1. The van der Waals surface area contributed by atoms with E-state index < -0.39 is 0 Å². The van der Waals surface area contributed by atoms with Crippen molar-refractivity contribution in [1.82, 2.24) is 4.98 Å². The number of phenols is 1. The highest BCUT2D eigenvalue weighted by Crippen LogP contribution is 2.36. The van der Waals surface area contributed by atoms with E-state index >= 15 is 0 Å². The lowest BCUT2D eigenvalue weighted by atomic mass is 10.00. The Morgan fingerprint density at radius 1 is 1.21 bits per heavy atom. The second kappa shape index (κ2) is 4.97. The molecule has 1 heterocycles. The van der Waals surface area contributed by atoms with Crippen LogP contribution in [0.25, 0.3) is 11.1 Å². The van der Waals surface area contributed by atoms with Crippen LogP contribution in [0, 0.1) is 13.8 Å². The summed E-state index contributed by atoms with van der Waals surface area (Å²) in [5, 5.41) is 9.86. The number of halogens is 1. The molecule has 5 heteroatoms. The summed E-state index contributed by atoms with van der Waals surface area (Å²) >= 11 is 5.95. The molecule has 0 spiro atoms. The minimum atomic E-state index is 0.0496. The van der Waals surface area contributed by atoms with E-state index in [1.165, 1.54) is 0 Å². The first kappa shape index (κ1) is 13.5. The Morgan fingerprint density at radius 2 is 1.89 bits per heavy atom. The number of pyridine rings is 1. The predicted octanol–water partition coefficient (Wildman–Crippen LogP) is 3.32. The Bertz CT molecular complexity index is 642. The number of aryl methyl sites for hydroxylation is 2. The molecule has 0 fully saturated rings. The molecule has 4 nitrogen and oxygen atoms in total. The number of nitrogens with zero attached hydrogens (tertiary/aromatic N) is 1. The molecule has 3 N–H and O–H groups in total. The molecule has 19 heavy (non-hydrogen) atoms. The smallest absolute Gasteiger partial charge is 0.140 e. The third-order valence-electron chi connectivity index (χ3n) is 3.00. The molecule has 0 saturated carbocycles. The van der Waals surface area contributed by atoms with Crippen LogP contribution in [0.2, 0.25) is 5.02 Å². The molecule has 100 valence electrons. The van der Waals surface area contributed by atoms with Crippen LogP contribution in [0.4, 0.5) is 5.82 Å². The van der Waals surface area contributed by atoms with Gasteiger partial charge in [-0.3, -0.25) is 0 Å². The number of ether oxygens (including phenoxy) is 1. The summed E-state index contributed by atoms with van der Waals surface area (Å²) in [6.45, 7) is 3.70. The zero-order chi connectivity index (χ0) is 14.2. The lowest BCUT2D eigenvalue weighted by molar-refractivity contribution is 0.409. The Balaban J connectivity index is 2.68. The zero-order valence-electron chi connectivity index (χ0n) is 11.0. The van der Waals surface area contributed by atoms with E-state index in [9.17, 15) is 5.11 Å². The number of nitrogen functional groups attached to an aromatic ring is 1. The first-order valence-electron chi connectivity index (χ1n) is 5.74. The highest BCUT2D eigenvalue weighted by atomic mass is 35.5. The normalized spacial score (nSPS) is 10.5. The molecule has 0 bridgehead atoms. The number of methoxy groups -OCH3 is 1. The van der Waals surface area contributed by atoms with Crippen molar-refractivity contribution in [1.29, 1.82) is 0 Å². The van der Waals surface area contributed by atoms with Gasteiger partial charge >= 0.3 is 0 Å². The molecule has 2 aromatic rings. The molecule has 0 radical (unpaired) electrons. The van der Waals surface area contributed by atoms with Crippen molar-refractivity contribution < 1.29 is 9.84 Å². The number of aromatic nitrogens is 1. The van der Waals surface area contributed by atoms with Gasteiger partial charge < -0.3 is 15.6 Å². The maximum atomic E-state index is 9.58. The molecule has 0 aliphatic carbocycles. The summed E-state index contributed by atoms with van der Waals surface area (Å²) in [7, 11) is 1.58. The predicted molar refractivity (Wildman–Crippen MR) is 76.8 cm³/mol. The molecule has 0 aliphatic rings. The number of hydrogen-bond donors (Lipinski definition) is 2. The molecule has 1 aromatic heterocycles. The van der Waals surface area contributed by atoms with Crippen LogP contribution >= 0.6 is 11.6 Å². The van der Waals surface area contributed by atoms with Gasteiger partial charge in [-0.15, -0.1) is 0 Å². The van der Waals surface area contributed by atoms with Gasteiger partial charge in [0.05, 0.1) is 17.8 Å². The Morgan fingerprint density at radius 3 is 2.53 bits per heavy atom. The van der Waals surface area contributed by atoms with Gasteiger partial charge in [0.1, 0.15) is 17.3 Å². The van der Waals surface area contributed by atoms with E-state index in [-0.39, 0.29) is 10.8 Å². The third-order valence-corrected chi connectivity index (χ3v) is 3.30. The van der Waals surface area contributed by atoms with Gasteiger partial charge in [-0.25, -0.2) is 4.98 Å². The van der Waals surface area contributed by atoms with Gasteiger partial charge in [0.2, 0.25) is 0 Å². The number of hydrogen-bond acceptors (Lipinski definition) is 4. The second-order valence-electron chi connectivity index (χ2n) is 4.33. The molecule has 1 aromatic carbocycles. The maximum Gasteiger partial charge on any atom is 0.140 e. The average Bonchev–Trinajstić information content (AvgIpc) is 2.35. The van der Waals surface area contributed by atoms with Gasteiger partial charge in [-0.2, -0.15) is 0 Å².